The minimum atomic E-state index is -0.259. The molecule has 0 aliphatic heterocycles. The second kappa shape index (κ2) is 8.37. The zero-order valence-electron chi connectivity index (χ0n) is 15.9. The number of rotatable bonds is 6. The molecule has 0 N–H and O–H groups in total. The molecule has 0 radical (unpaired) electrons. The van der Waals surface area contributed by atoms with E-state index in [0.29, 0.717) is 23.5 Å². The van der Waals surface area contributed by atoms with E-state index in [0.717, 1.165) is 21.7 Å². The largest absolute Gasteiger partial charge is 0.497 e. The predicted molar refractivity (Wildman–Crippen MR) is 109 cm³/mol. The van der Waals surface area contributed by atoms with E-state index in [1.807, 2.05) is 53.9 Å². The lowest BCUT2D eigenvalue weighted by Crippen LogP contribution is -2.19. The fourth-order valence-corrected chi connectivity index (χ4v) is 3.80. The smallest absolute Gasteiger partial charge is 0.279 e. The number of aromatic nitrogens is 1. The molecule has 0 bridgehead atoms. The quantitative estimate of drug-likeness (QED) is 0.654. The van der Waals surface area contributed by atoms with Crippen LogP contribution in [0.5, 0.6) is 5.75 Å². The van der Waals surface area contributed by atoms with Crippen LogP contribution in [0.4, 0.5) is 5.69 Å². The Morgan fingerprint density at radius 3 is 2.52 bits per heavy atom. The molecule has 1 aromatic heterocycles. The number of fused-ring (bicyclic) bond motifs is 1. The second-order valence-corrected chi connectivity index (χ2v) is 7.23. The highest BCUT2D eigenvalue weighted by molar-refractivity contribution is 7.16. The van der Waals surface area contributed by atoms with Crippen molar-refractivity contribution < 1.29 is 14.3 Å². The summed E-state index contributed by atoms with van der Waals surface area (Å²) < 4.78 is 13.5. The van der Waals surface area contributed by atoms with Crippen LogP contribution in [0, 0.1) is 0 Å². The minimum Gasteiger partial charge on any atom is -0.497 e. The van der Waals surface area contributed by atoms with Crippen molar-refractivity contribution in [2.24, 2.45) is 4.99 Å². The molecular weight excluding hydrogens is 362 g/mol. The van der Waals surface area contributed by atoms with E-state index in [1.54, 1.807) is 26.4 Å². The van der Waals surface area contributed by atoms with Crippen molar-refractivity contribution in [2.45, 2.75) is 6.54 Å². The molecule has 1 heterocycles. The average Bonchev–Trinajstić information content (AvgIpc) is 3.02. The van der Waals surface area contributed by atoms with E-state index in [-0.39, 0.29) is 5.91 Å². The maximum absolute atomic E-state index is 12.7. The van der Waals surface area contributed by atoms with Gasteiger partial charge in [0.15, 0.2) is 4.80 Å². The van der Waals surface area contributed by atoms with Gasteiger partial charge in [0.1, 0.15) is 5.75 Å². The highest BCUT2D eigenvalue weighted by atomic mass is 32.1. The monoisotopic (exact) mass is 385 g/mol. The first-order valence-corrected chi connectivity index (χ1v) is 9.38. The van der Waals surface area contributed by atoms with Crippen LogP contribution >= 0.6 is 11.3 Å². The first-order valence-electron chi connectivity index (χ1n) is 8.56. The number of methoxy groups -OCH3 is 2. The van der Waals surface area contributed by atoms with E-state index in [9.17, 15) is 4.79 Å². The van der Waals surface area contributed by atoms with E-state index >= 15 is 0 Å². The van der Waals surface area contributed by atoms with Crippen LogP contribution in [-0.4, -0.2) is 45.4 Å². The Kier molecular flexibility index (Phi) is 5.93. The van der Waals surface area contributed by atoms with Crippen LogP contribution in [0.15, 0.2) is 47.5 Å². The Hall–Kier alpha value is -2.64. The average molecular weight is 385 g/mol. The Morgan fingerprint density at radius 1 is 1.15 bits per heavy atom. The Balaban J connectivity index is 2.03. The number of hydrogen-bond donors (Lipinski definition) is 0. The molecule has 3 aromatic rings. The van der Waals surface area contributed by atoms with Gasteiger partial charge in [-0.05, 0) is 42.5 Å². The van der Waals surface area contributed by atoms with Gasteiger partial charge >= 0.3 is 0 Å². The Labute approximate surface area is 162 Å². The van der Waals surface area contributed by atoms with Gasteiger partial charge in [-0.3, -0.25) is 4.79 Å². The summed E-state index contributed by atoms with van der Waals surface area (Å²) in [5.74, 6) is 0.518. The number of thiazole rings is 1. The maximum Gasteiger partial charge on any atom is 0.279 e. The number of anilines is 1. The van der Waals surface area contributed by atoms with Crippen molar-refractivity contribution in [1.82, 2.24) is 4.57 Å². The molecule has 3 rings (SSSR count). The normalized spacial score (nSPS) is 11.8. The van der Waals surface area contributed by atoms with Gasteiger partial charge in [-0.1, -0.05) is 11.3 Å². The van der Waals surface area contributed by atoms with Gasteiger partial charge in [0.25, 0.3) is 5.91 Å². The van der Waals surface area contributed by atoms with Crippen LogP contribution in [0.25, 0.3) is 10.2 Å². The van der Waals surface area contributed by atoms with Gasteiger partial charge in [-0.2, -0.15) is 4.99 Å². The number of nitrogens with zero attached hydrogens (tertiary/aromatic N) is 3. The summed E-state index contributed by atoms with van der Waals surface area (Å²) >= 11 is 1.47. The molecule has 2 aromatic carbocycles. The Morgan fingerprint density at radius 2 is 1.89 bits per heavy atom. The van der Waals surface area contributed by atoms with E-state index in [1.165, 1.54) is 11.3 Å². The van der Waals surface area contributed by atoms with Crippen LogP contribution in [0.3, 0.4) is 0 Å². The topological polar surface area (TPSA) is 56.1 Å². The standard InChI is InChI=1S/C20H23N3O3S/c1-22(2)15-7-5-14(6-8-15)19(24)21-20-23(11-12-25-3)17-10-9-16(26-4)13-18(17)27-20/h5-10,13H,11-12H2,1-4H3. The molecule has 6 nitrogen and oxygen atoms in total. The van der Waals surface area contributed by atoms with Crippen LogP contribution in [0.2, 0.25) is 0 Å². The third-order valence-electron chi connectivity index (χ3n) is 4.24. The molecule has 142 valence electrons. The van der Waals surface area contributed by atoms with Crippen molar-refractivity contribution in [3.8, 4) is 5.75 Å². The summed E-state index contributed by atoms with van der Waals surface area (Å²) in [6.07, 6.45) is 0. The number of benzene rings is 2. The van der Waals surface area contributed by atoms with Gasteiger partial charge in [0, 0.05) is 39.0 Å². The maximum atomic E-state index is 12.7. The molecule has 0 saturated carbocycles. The summed E-state index contributed by atoms with van der Waals surface area (Å²) in [4.78, 5) is 19.7. The van der Waals surface area contributed by atoms with E-state index < -0.39 is 0 Å². The molecule has 0 aliphatic carbocycles. The molecule has 7 heteroatoms. The summed E-state index contributed by atoms with van der Waals surface area (Å²) in [5, 5.41) is 0. The SMILES string of the molecule is COCCn1c(=NC(=O)c2ccc(N(C)C)cc2)sc2cc(OC)ccc21. The third kappa shape index (κ3) is 4.20. The van der Waals surface area contributed by atoms with Crippen molar-refractivity contribution in [3.63, 3.8) is 0 Å². The molecule has 0 spiro atoms. The summed E-state index contributed by atoms with van der Waals surface area (Å²) in [6, 6.07) is 13.3. The van der Waals surface area contributed by atoms with Crippen molar-refractivity contribution in [1.29, 1.82) is 0 Å². The lowest BCUT2D eigenvalue weighted by Gasteiger charge is -2.11. The Bertz CT molecular complexity index is 1000. The van der Waals surface area contributed by atoms with Gasteiger partial charge < -0.3 is 18.9 Å². The fourth-order valence-electron chi connectivity index (χ4n) is 2.72. The van der Waals surface area contributed by atoms with Crippen LogP contribution in [-0.2, 0) is 11.3 Å². The molecule has 0 saturated heterocycles. The zero-order valence-corrected chi connectivity index (χ0v) is 16.7. The third-order valence-corrected chi connectivity index (χ3v) is 5.28. The molecule has 0 unspecified atom stereocenters. The van der Waals surface area contributed by atoms with Crippen LogP contribution in [0.1, 0.15) is 10.4 Å². The van der Waals surface area contributed by atoms with Gasteiger partial charge in [0.2, 0.25) is 0 Å². The summed E-state index contributed by atoms with van der Waals surface area (Å²) in [5.41, 5.74) is 2.61. The number of amides is 1. The molecule has 0 aliphatic rings. The molecule has 0 atom stereocenters. The fraction of sp³-hybridized carbons (Fsp3) is 0.300. The van der Waals surface area contributed by atoms with Crippen molar-refractivity contribution in [2.75, 3.05) is 39.8 Å². The van der Waals surface area contributed by atoms with Gasteiger partial charge in [0.05, 0.1) is 23.9 Å². The highest BCUT2D eigenvalue weighted by Crippen LogP contribution is 2.23. The number of carbonyl (C=O) groups excluding carboxylic acids is 1. The highest BCUT2D eigenvalue weighted by Gasteiger charge is 2.10. The van der Waals surface area contributed by atoms with E-state index in [2.05, 4.69) is 4.99 Å². The number of carbonyl (C=O) groups is 1. The predicted octanol–water partition coefficient (Wildman–Crippen LogP) is 3.16. The van der Waals surface area contributed by atoms with Gasteiger partial charge in [-0.25, -0.2) is 0 Å². The first-order chi connectivity index (χ1) is 13.0. The zero-order chi connectivity index (χ0) is 19.4. The second-order valence-electron chi connectivity index (χ2n) is 6.22. The van der Waals surface area contributed by atoms with Crippen molar-refractivity contribution in [3.05, 3.63) is 52.8 Å². The van der Waals surface area contributed by atoms with Crippen LogP contribution < -0.4 is 14.4 Å². The number of hydrogen-bond acceptors (Lipinski definition) is 5. The molecule has 1 amide bonds. The van der Waals surface area contributed by atoms with Crippen molar-refractivity contribution >= 4 is 33.1 Å². The number of ether oxygens (including phenoxy) is 2. The lowest BCUT2D eigenvalue weighted by molar-refractivity contribution is 0.0997. The summed E-state index contributed by atoms with van der Waals surface area (Å²) in [6.45, 7) is 1.16. The summed E-state index contributed by atoms with van der Waals surface area (Å²) in [7, 11) is 7.23. The van der Waals surface area contributed by atoms with Gasteiger partial charge in [-0.15, -0.1) is 0 Å². The minimum absolute atomic E-state index is 0.259. The van der Waals surface area contributed by atoms with E-state index in [4.69, 9.17) is 9.47 Å². The molecule has 27 heavy (non-hydrogen) atoms. The first kappa shape index (κ1) is 19.1. The lowest BCUT2D eigenvalue weighted by atomic mass is 10.2. The molecule has 0 fully saturated rings. The molecular formula is C20H23N3O3S.